The van der Waals surface area contributed by atoms with Crippen molar-refractivity contribution in [2.45, 2.75) is 9.92 Å². The maximum atomic E-state index is 9.63. The molecule has 0 atom stereocenters. The lowest BCUT2D eigenvalue weighted by atomic mass is 10.3. The molecule has 0 saturated heterocycles. The van der Waals surface area contributed by atoms with Gasteiger partial charge < -0.3 is 5.11 Å². The summed E-state index contributed by atoms with van der Waals surface area (Å²) in [5, 5.41) is 19.3. The van der Waals surface area contributed by atoms with Crippen LogP contribution >= 0.6 is 23.4 Å². The highest BCUT2D eigenvalue weighted by atomic mass is 35.5. The SMILES string of the molecule is N#Cc1ccnc(Sc2ccccc2O)c1Cl. The fourth-order valence-corrected chi connectivity index (χ4v) is 2.34. The first-order valence-electron chi connectivity index (χ1n) is 4.73. The molecule has 5 heteroatoms. The van der Waals surface area contributed by atoms with E-state index in [2.05, 4.69) is 4.98 Å². The summed E-state index contributed by atoms with van der Waals surface area (Å²) in [4.78, 5) is 4.74. The van der Waals surface area contributed by atoms with Gasteiger partial charge in [0, 0.05) is 6.20 Å². The number of nitrogens with zero attached hydrogens (tertiary/aromatic N) is 2. The molecule has 0 unspecified atom stereocenters. The molecule has 3 nitrogen and oxygen atoms in total. The van der Waals surface area contributed by atoms with Crippen LogP contribution in [0.1, 0.15) is 5.56 Å². The van der Waals surface area contributed by atoms with E-state index in [-0.39, 0.29) is 5.75 Å². The molecule has 1 aromatic heterocycles. The standard InChI is InChI=1S/C12H7ClN2OS/c13-11-8(7-14)5-6-15-12(11)17-10-4-2-1-3-9(10)16/h1-6,16H. The van der Waals surface area contributed by atoms with Crippen molar-refractivity contribution in [1.29, 1.82) is 5.26 Å². The largest absolute Gasteiger partial charge is 0.507 e. The van der Waals surface area contributed by atoms with Crippen molar-refractivity contribution in [3.8, 4) is 11.8 Å². The Labute approximate surface area is 108 Å². The van der Waals surface area contributed by atoms with E-state index >= 15 is 0 Å². The van der Waals surface area contributed by atoms with Crippen molar-refractivity contribution in [3.63, 3.8) is 0 Å². The second-order valence-electron chi connectivity index (χ2n) is 3.16. The number of aromatic hydroxyl groups is 1. The third-order valence-corrected chi connectivity index (χ3v) is 3.61. The average Bonchev–Trinajstić information content (AvgIpc) is 2.34. The number of nitriles is 1. The van der Waals surface area contributed by atoms with Crippen molar-refractivity contribution in [3.05, 3.63) is 47.1 Å². The third kappa shape index (κ3) is 2.52. The zero-order valence-electron chi connectivity index (χ0n) is 8.59. The summed E-state index contributed by atoms with van der Waals surface area (Å²) >= 11 is 7.25. The second kappa shape index (κ2) is 5.09. The van der Waals surface area contributed by atoms with Crippen LogP contribution in [-0.4, -0.2) is 10.1 Å². The molecule has 0 aliphatic rings. The fourth-order valence-electron chi connectivity index (χ4n) is 1.23. The summed E-state index contributed by atoms with van der Waals surface area (Å²) in [6, 6.07) is 10.4. The minimum Gasteiger partial charge on any atom is -0.507 e. The lowest BCUT2D eigenvalue weighted by molar-refractivity contribution is 0.462. The van der Waals surface area contributed by atoms with Crippen LogP contribution in [0.2, 0.25) is 5.02 Å². The van der Waals surface area contributed by atoms with Gasteiger partial charge in [-0.15, -0.1) is 0 Å². The number of aromatic nitrogens is 1. The van der Waals surface area contributed by atoms with Gasteiger partial charge in [0.15, 0.2) is 0 Å². The molecular weight excluding hydrogens is 256 g/mol. The molecule has 0 fully saturated rings. The van der Waals surface area contributed by atoms with Crippen LogP contribution in [0, 0.1) is 11.3 Å². The predicted octanol–water partition coefficient (Wildman–Crippen LogP) is 3.46. The van der Waals surface area contributed by atoms with E-state index in [1.165, 1.54) is 18.0 Å². The number of para-hydroxylation sites is 1. The van der Waals surface area contributed by atoms with Crippen molar-refractivity contribution in [2.75, 3.05) is 0 Å². The number of hydrogen-bond donors (Lipinski definition) is 1. The molecular formula is C12H7ClN2OS. The molecule has 0 saturated carbocycles. The summed E-state index contributed by atoms with van der Waals surface area (Å²) in [6.45, 7) is 0. The zero-order chi connectivity index (χ0) is 12.3. The number of phenolic OH excluding ortho intramolecular Hbond substituents is 1. The summed E-state index contributed by atoms with van der Waals surface area (Å²) in [5.74, 6) is 0.165. The van der Waals surface area contributed by atoms with E-state index in [0.29, 0.717) is 20.5 Å². The number of benzene rings is 1. The van der Waals surface area contributed by atoms with Crippen molar-refractivity contribution < 1.29 is 5.11 Å². The van der Waals surface area contributed by atoms with Gasteiger partial charge in [0.05, 0.1) is 15.5 Å². The Hall–Kier alpha value is -1.70. The average molecular weight is 263 g/mol. The van der Waals surface area contributed by atoms with E-state index in [1.807, 2.05) is 12.1 Å². The van der Waals surface area contributed by atoms with Crippen LogP contribution in [0.25, 0.3) is 0 Å². The van der Waals surface area contributed by atoms with E-state index in [9.17, 15) is 5.11 Å². The summed E-state index contributed by atoms with van der Waals surface area (Å²) in [5.41, 5.74) is 0.375. The molecule has 0 spiro atoms. The maximum Gasteiger partial charge on any atom is 0.129 e. The monoisotopic (exact) mass is 262 g/mol. The minimum atomic E-state index is 0.165. The van der Waals surface area contributed by atoms with Crippen LogP contribution in [0.15, 0.2) is 46.5 Å². The quantitative estimate of drug-likeness (QED) is 0.900. The molecule has 1 aromatic carbocycles. The molecule has 0 bridgehead atoms. The highest BCUT2D eigenvalue weighted by molar-refractivity contribution is 7.99. The summed E-state index contributed by atoms with van der Waals surface area (Å²) in [6.07, 6.45) is 1.52. The van der Waals surface area contributed by atoms with Crippen molar-refractivity contribution >= 4 is 23.4 Å². The van der Waals surface area contributed by atoms with Gasteiger partial charge in [-0.1, -0.05) is 35.5 Å². The number of pyridine rings is 1. The van der Waals surface area contributed by atoms with Gasteiger partial charge in [0.2, 0.25) is 0 Å². The third-order valence-electron chi connectivity index (χ3n) is 2.05. The van der Waals surface area contributed by atoms with Crippen LogP contribution in [0.5, 0.6) is 5.75 Å². The molecule has 1 heterocycles. The minimum absolute atomic E-state index is 0.165. The Balaban J connectivity index is 2.38. The van der Waals surface area contributed by atoms with Gasteiger partial charge in [0.1, 0.15) is 16.8 Å². The highest BCUT2D eigenvalue weighted by Crippen LogP contribution is 2.37. The Morgan fingerprint density at radius 2 is 2.06 bits per heavy atom. The lowest BCUT2D eigenvalue weighted by Crippen LogP contribution is -1.85. The molecule has 17 heavy (non-hydrogen) atoms. The van der Waals surface area contributed by atoms with Gasteiger partial charge in [0.25, 0.3) is 0 Å². The highest BCUT2D eigenvalue weighted by Gasteiger charge is 2.10. The van der Waals surface area contributed by atoms with Crippen molar-refractivity contribution in [2.24, 2.45) is 0 Å². The molecule has 2 aromatic rings. The van der Waals surface area contributed by atoms with Crippen LogP contribution in [0.3, 0.4) is 0 Å². The number of halogens is 1. The first kappa shape index (κ1) is 11.8. The Kier molecular flexibility index (Phi) is 3.52. The molecule has 0 radical (unpaired) electrons. The molecule has 0 amide bonds. The Bertz CT molecular complexity index is 595. The van der Waals surface area contributed by atoms with Crippen LogP contribution in [-0.2, 0) is 0 Å². The van der Waals surface area contributed by atoms with E-state index in [4.69, 9.17) is 16.9 Å². The predicted molar refractivity (Wildman–Crippen MR) is 66.2 cm³/mol. The number of phenols is 1. The van der Waals surface area contributed by atoms with E-state index in [1.54, 1.807) is 24.3 Å². The number of hydrogen-bond acceptors (Lipinski definition) is 4. The van der Waals surface area contributed by atoms with Crippen LogP contribution in [0.4, 0.5) is 0 Å². The van der Waals surface area contributed by atoms with Gasteiger partial charge in [-0.25, -0.2) is 4.98 Å². The fraction of sp³-hybridized carbons (Fsp3) is 0. The topological polar surface area (TPSA) is 56.9 Å². The first-order valence-corrected chi connectivity index (χ1v) is 5.92. The summed E-state index contributed by atoms with van der Waals surface area (Å²) < 4.78 is 0. The van der Waals surface area contributed by atoms with E-state index < -0.39 is 0 Å². The molecule has 0 aliphatic carbocycles. The van der Waals surface area contributed by atoms with E-state index in [0.717, 1.165) is 0 Å². The zero-order valence-corrected chi connectivity index (χ0v) is 10.2. The van der Waals surface area contributed by atoms with Gasteiger partial charge in [-0.2, -0.15) is 5.26 Å². The first-order chi connectivity index (χ1) is 8.22. The lowest BCUT2D eigenvalue weighted by Gasteiger charge is -2.05. The van der Waals surface area contributed by atoms with Gasteiger partial charge in [-0.05, 0) is 18.2 Å². The molecule has 0 aliphatic heterocycles. The molecule has 1 N–H and O–H groups in total. The van der Waals surface area contributed by atoms with Gasteiger partial charge >= 0.3 is 0 Å². The van der Waals surface area contributed by atoms with Crippen molar-refractivity contribution in [1.82, 2.24) is 4.98 Å². The maximum absolute atomic E-state index is 9.63. The molecule has 84 valence electrons. The summed E-state index contributed by atoms with van der Waals surface area (Å²) in [7, 11) is 0. The molecule has 2 rings (SSSR count). The normalized spacial score (nSPS) is 9.88. The smallest absolute Gasteiger partial charge is 0.129 e. The Morgan fingerprint density at radius 3 is 2.76 bits per heavy atom. The van der Waals surface area contributed by atoms with Crippen LogP contribution < -0.4 is 0 Å². The van der Waals surface area contributed by atoms with Gasteiger partial charge in [-0.3, -0.25) is 0 Å². The Morgan fingerprint density at radius 1 is 1.29 bits per heavy atom. The number of rotatable bonds is 2. The second-order valence-corrected chi connectivity index (χ2v) is 4.57.